The van der Waals surface area contributed by atoms with Crippen molar-refractivity contribution in [3.8, 4) is 17.3 Å². The summed E-state index contributed by atoms with van der Waals surface area (Å²) in [5, 5.41) is 0. The third kappa shape index (κ3) is 4.57. The summed E-state index contributed by atoms with van der Waals surface area (Å²) in [5.74, 6) is 1.18. The number of aryl methyl sites for hydroxylation is 1. The third-order valence-corrected chi connectivity index (χ3v) is 6.23. The lowest BCUT2D eigenvalue weighted by Crippen LogP contribution is -2.43. The minimum atomic E-state index is -0.397. The van der Waals surface area contributed by atoms with E-state index in [2.05, 4.69) is 28.8 Å². The van der Waals surface area contributed by atoms with Crippen LogP contribution < -0.4 is 10.3 Å². The molecule has 4 rings (SSSR count). The first kappa shape index (κ1) is 21.0. The molecule has 7 nitrogen and oxygen atoms in total. The summed E-state index contributed by atoms with van der Waals surface area (Å²) >= 11 is 0. The Morgan fingerprint density at radius 3 is 2.87 bits per heavy atom. The van der Waals surface area contributed by atoms with Crippen LogP contribution in [0.1, 0.15) is 63.6 Å². The maximum atomic E-state index is 12.3. The summed E-state index contributed by atoms with van der Waals surface area (Å²) < 4.78 is 18.3. The predicted molar refractivity (Wildman–Crippen MR) is 114 cm³/mol. The van der Waals surface area contributed by atoms with Crippen LogP contribution in [0.4, 0.5) is 0 Å². The summed E-state index contributed by atoms with van der Waals surface area (Å²) in [4.78, 5) is 24.2. The van der Waals surface area contributed by atoms with E-state index in [4.69, 9.17) is 14.2 Å². The lowest BCUT2D eigenvalue weighted by Gasteiger charge is -2.36. The zero-order valence-electron chi connectivity index (χ0n) is 17.9. The number of fused-ring (bicyclic) bond motifs is 1. The smallest absolute Gasteiger partial charge is 0.254 e. The first-order chi connectivity index (χ1) is 14.6. The van der Waals surface area contributed by atoms with E-state index in [9.17, 15) is 4.79 Å². The van der Waals surface area contributed by atoms with Gasteiger partial charge in [0.25, 0.3) is 5.56 Å². The van der Waals surface area contributed by atoms with Gasteiger partial charge in [0.15, 0.2) is 12.1 Å². The zero-order valence-corrected chi connectivity index (χ0v) is 17.9. The lowest BCUT2D eigenvalue weighted by molar-refractivity contribution is -0.234. The average Bonchev–Trinajstić information content (AvgIpc) is 3.27. The van der Waals surface area contributed by atoms with Crippen LogP contribution in [0.2, 0.25) is 0 Å². The van der Waals surface area contributed by atoms with Crippen molar-refractivity contribution in [2.45, 2.75) is 77.1 Å². The summed E-state index contributed by atoms with van der Waals surface area (Å²) in [6.07, 6.45) is 8.98. The van der Waals surface area contributed by atoms with E-state index < -0.39 is 5.60 Å². The van der Waals surface area contributed by atoms with Crippen molar-refractivity contribution in [3.05, 3.63) is 39.9 Å². The van der Waals surface area contributed by atoms with Gasteiger partial charge >= 0.3 is 0 Å². The number of nitrogens with one attached hydrogen (secondary N) is 1. The van der Waals surface area contributed by atoms with Crippen molar-refractivity contribution in [1.82, 2.24) is 15.0 Å². The van der Waals surface area contributed by atoms with E-state index in [1.54, 1.807) is 6.20 Å². The highest BCUT2D eigenvalue weighted by atomic mass is 16.7. The van der Waals surface area contributed by atoms with Gasteiger partial charge in [-0.1, -0.05) is 13.8 Å². The predicted octanol–water partition coefficient (Wildman–Crippen LogP) is 3.80. The molecule has 0 aromatic carbocycles. The fraction of sp³-hybridized carbons (Fsp3) is 0.609. The van der Waals surface area contributed by atoms with Crippen LogP contribution in [-0.4, -0.2) is 40.1 Å². The number of aromatic amines is 1. The summed E-state index contributed by atoms with van der Waals surface area (Å²) in [5.41, 5.74) is 1.85. The molecular weight excluding hydrogens is 382 g/mol. The molecule has 1 unspecified atom stereocenters. The Morgan fingerprint density at radius 2 is 2.10 bits per heavy atom. The van der Waals surface area contributed by atoms with Crippen LogP contribution in [0.3, 0.4) is 0 Å². The summed E-state index contributed by atoms with van der Waals surface area (Å²) in [6, 6.07) is 3.65. The molecule has 3 heterocycles. The SMILES string of the molecule is CCC(CC)(COc1ccnc(-c2nc3c(c(=O)[nH]2)CCC3)c1)OC1CCCCO1. The van der Waals surface area contributed by atoms with Gasteiger partial charge in [-0.15, -0.1) is 0 Å². The second kappa shape index (κ2) is 9.27. The Hall–Kier alpha value is -2.25. The molecular formula is C23H31N3O4. The number of ether oxygens (including phenoxy) is 3. The molecule has 2 aromatic rings. The molecule has 0 spiro atoms. The van der Waals surface area contributed by atoms with E-state index in [0.717, 1.165) is 69.2 Å². The van der Waals surface area contributed by atoms with E-state index in [1.165, 1.54) is 0 Å². The van der Waals surface area contributed by atoms with Crippen molar-refractivity contribution >= 4 is 0 Å². The van der Waals surface area contributed by atoms with Crippen LogP contribution in [0.25, 0.3) is 11.5 Å². The first-order valence-electron chi connectivity index (χ1n) is 11.1. The quantitative estimate of drug-likeness (QED) is 0.708. The number of nitrogens with zero attached hydrogens (tertiary/aromatic N) is 2. The topological polar surface area (TPSA) is 86.3 Å². The molecule has 1 fully saturated rings. The highest BCUT2D eigenvalue weighted by Crippen LogP contribution is 2.28. The molecule has 0 bridgehead atoms. The van der Waals surface area contributed by atoms with E-state index in [1.807, 2.05) is 12.1 Å². The fourth-order valence-electron chi connectivity index (χ4n) is 4.15. The summed E-state index contributed by atoms with van der Waals surface area (Å²) in [6.45, 7) is 5.42. The van der Waals surface area contributed by atoms with Gasteiger partial charge in [-0.25, -0.2) is 4.98 Å². The van der Waals surface area contributed by atoms with Gasteiger partial charge in [0, 0.05) is 24.4 Å². The number of pyridine rings is 1. The Bertz CT molecular complexity index is 917. The molecule has 162 valence electrons. The fourth-order valence-corrected chi connectivity index (χ4v) is 4.15. The molecule has 2 aliphatic rings. The number of aromatic nitrogens is 3. The molecule has 1 saturated heterocycles. The van der Waals surface area contributed by atoms with Gasteiger partial charge in [0.1, 0.15) is 23.7 Å². The van der Waals surface area contributed by atoms with Crippen molar-refractivity contribution < 1.29 is 14.2 Å². The molecule has 1 aliphatic heterocycles. The normalized spacial score (nSPS) is 18.9. The third-order valence-electron chi connectivity index (χ3n) is 6.23. The maximum absolute atomic E-state index is 12.3. The molecule has 0 saturated carbocycles. The van der Waals surface area contributed by atoms with Crippen LogP contribution in [-0.2, 0) is 22.3 Å². The number of H-pyrrole nitrogens is 1. The molecule has 7 heteroatoms. The molecule has 1 atom stereocenters. The highest BCUT2D eigenvalue weighted by molar-refractivity contribution is 5.52. The van der Waals surface area contributed by atoms with Crippen molar-refractivity contribution in [3.63, 3.8) is 0 Å². The Labute approximate surface area is 177 Å². The van der Waals surface area contributed by atoms with Crippen LogP contribution in [0.15, 0.2) is 23.1 Å². The number of hydrogen-bond acceptors (Lipinski definition) is 6. The minimum absolute atomic E-state index is 0.0579. The molecule has 30 heavy (non-hydrogen) atoms. The molecule has 1 aliphatic carbocycles. The van der Waals surface area contributed by atoms with Gasteiger partial charge < -0.3 is 19.2 Å². The lowest BCUT2D eigenvalue weighted by atomic mass is 9.98. The van der Waals surface area contributed by atoms with Crippen molar-refractivity contribution in [1.29, 1.82) is 0 Å². The molecule has 0 radical (unpaired) electrons. The molecule has 2 aromatic heterocycles. The monoisotopic (exact) mass is 413 g/mol. The minimum Gasteiger partial charge on any atom is -0.490 e. The van der Waals surface area contributed by atoms with E-state index in [-0.39, 0.29) is 11.8 Å². The standard InChI is InChI=1S/C23H31N3O4/c1-3-23(4-2,30-20-10-5-6-13-28-20)15-29-16-11-12-24-19(14-16)21-25-18-9-7-8-17(18)22(27)26-21/h11-12,14,20H,3-10,13,15H2,1-2H3,(H,25,26,27). The zero-order chi connectivity index (χ0) is 21.0. The van der Waals surface area contributed by atoms with Gasteiger partial charge in [0.2, 0.25) is 0 Å². The average molecular weight is 414 g/mol. The van der Waals surface area contributed by atoms with Gasteiger partial charge in [-0.2, -0.15) is 0 Å². The van der Waals surface area contributed by atoms with Gasteiger partial charge in [0.05, 0.1) is 5.69 Å². The molecule has 0 amide bonds. The maximum Gasteiger partial charge on any atom is 0.254 e. The van der Waals surface area contributed by atoms with Gasteiger partial charge in [-0.05, 0) is 57.4 Å². The van der Waals surface area contributed by atoms with E-state index >= 15 is 0 Å². The largest absolute Gasteiger partial charge is 0.490 e. The Morgan fingerprint density at radius 1 is 1.23 bits per heavy atom. The number of rotatable bonds is 8. The van der Waals surface area contributed by atoms with Crippen LogP contribution in [0.5, 0.6) is 5.75 Å². The highest BCUT2D eigenvalue weighted by Gasteiger charge is 2.33. The first-order valence-corrected chi connectivity index (χ1v) is 11.1. The Kier molecular flexibility index (Phi) is 6.49. The Balaban J connectivity index is 1.48. The van der Waals surface area contributed by atoms with Crippen LogP contribution in [0, 0.1) is 0 Å². The summed E-state index contributed by atoms with van der Waals surface area (Å²) in [7, 11) is 0. The van der Waals surface area contributed by atoms with Gasteiger partial charge in [-0.3, -0.25) is 9.78 Å². The second-order valence-electron chi connectivity index (χ2n) is 8.16. The second-order valence-corrected chi connectivity index (χ2v) is 8.16. The van der Waals surface area contributed by atoms with Crippen LogP contribution >= 0.6 is 0 Å². The number of hydrogen-bond donors (Lipinski definition) is 1. The van der Waals surface area contributed by atoms with Crippen molar-refractivity contribution in [2.75, 3.05) is 13.2 Å². The van der Waals surface area contributed by atoms with Crippen molar-refractivity contribution in [2.24, 2.45) is 0 Å². The van der Waals surface area contributed by atoms with E-state index in [0.29, 0.717) is 23.9 Å². The molecule has 1 N–H and O–H groups in total.